The number of nitrogens with zero attached hydrogens (tertiary/aromatic N) is 1. The fourth-order valence-electron chi connectivity index (χ4n) is 0.336. The van der Waals surface area contributed by atoms with E-state index in [0.717, 1.165) is 0 Å². The van der Waals surface area contributed by atoms with Gasteiger partial charge in [0.1, 0.15) is 0 Å². The van der Waals surface area contributed by atoms with Gasteiger partial charge in [-0.3, -0.25) is 0 Å². The molecule has 0 aliphatic heterocycles. The Morgan fingerprint density at radius 3 is 2.62 bits per heavy atom. The lowest BCUT2D eigenvalue weighted by atomic mass is 10.3. The van der Waals surface area contributed by atoms with Crippen molar-refractivity contribution in [2.75, 3.05) is 13.7 Å². The van der Waals surface area contributed by atoms with Gasteiger partial charge in [-0.05, 0) is 6.92 Å². The lowest BCUT2D eigenvalue weighted by Crippen LogP contribution is -1.89. The van der Waals surface area contributed by atoms with Crippen LogP contribution < -0.4 is 0 Å². The van der Waals surface area contributed by atoms with Gasteiger partial charge in [0.25, 0.3) is 0 Å². The molecule has 2 nitrogen and oxygen atoms in total. The van der Waals surface area contributed by atoms with Crippen LogP contribution in [0.3, 0.4) is 0 Å². The number of rotatable bonds is 2. The monoisotopic (exact) mass is 111 g/mol. The van der Waals surface area contributed by atoms with E-state index in [1.165, 1.54) is 0 Å². The zero-order chi connectivity index (χ0) is 6.41. The second-order valence-corrected chi connectivity index (χ2v) is 1.36. The van der Waals surface area contributed by atoms with E-state index in [-0.39, 0.29) is 0 Å². The van der Waals surface area contributed by atoms with Crippen LogP contribution >= 0.6 is 0 Å². The van der Waals surface area contributed by atoms with Crippen molar-refractivity contribution < 1.29 is 4.74 Å². The zero-order valence-electron chi connectivity index (χ0n) is 5.14. The number of methoxy groups -OCH3 is 1. The van der Waals surface area contributed by atoms with Gasteiger partial charge >= 0.3 is 0 Å². The van der Waals surface area contributed by atoms with E-state index in [4.69, 9.17) is 10.00 Å². The predicted octanol–water partition coefficient (Wildman–Crippen LogP) is 1.10. The maximum absolute atomic E-state index is 8.26. The molecule has 0 fully saturated rings. The van der Waals surface area contributed by atoms with Crippen molar-refractivity contribution in [3.8, 4) is 6.07 Å². The summed E-state index contributed by atoms with van der Waals surface area (Å²) in [7, 11) is 1.57. The molecular weight excluding hydrogens is 102 g/mol. The maximum atomic E-state index is 8.26. The molecule has 0 aromatic rings. The molecule has 0 aliphatic rings. The summed E-state index contributed by atoms with van der Waals surface area (Å²) in [5.74, 6) is 0. The number of hydrogen-bond acceptors (Lipinski definition) is 2. The van der Waals surface area contributed by atoms with E-state index >= 15 is 0 Å². The number of nitriles is 1. The van der Waals surface area contributed by atoms with Crippen LogP contribution in [0.5, 0.6) is 0 Å². The van der Waals surface area contributed by atoms with Gasteiger partial charge in [-0.15, -0.1) is 0 Å². The van der Waals surface area contributed by atoms with Crippen molar-refractivity contribution in [1.82, 2.24) is 0 Å². The Bertz CT molecular complexity index is 121. The molecule has 0 spiro atoms. The van der Waals surface area contributed by atoms with Crippen LogP contribution in [0.1, 0.15) is 6.92 Å². The largest absolute Gasteiger partial charge is 0.379 e. The second kappa shape index (κ2) is 4.35. The number of hydrogen-bond donors (Lipinski definition) is 0. The highest BCUT2D eigenvalue weighted by molar-refractivity contribution is 5.19. The zero-order valence-corrected chi connectivity index (χ0v) is 5.14. The maximum Gasteiger partial charge on any atom is 0.0968 e. The van der Waals surface area contributed by atoms with Crippen molar-refractivity contribution >= 4 is 0 Å². The molecule has 0 saturated heterocycles. The minimum atomic E-state index is 0.424. The normalized spacial score (nSPS) is 10.9. The highest BCUT2D eigenvalue weighted by Crippen LogP contribution is 1.89. The third kappa shape index (κ3) is 2.38. The fraction of sp³-hybridized carbons (Fsp3) is 0.500. The Morgan fingerprint density at radius 2 is 2.50 bits per heavy atom. The summed E-state index contributed by atoms with van der Waals surface area (Å²) < 4.78 is 4.69. The average Bonchev–Trinajstić information content (AvgIpc) is 1.83. The predicted molar refractivity (Wildman–Crippen MR) is 31.2 cm³/mol. The average molecular weight is 111 g/mol. The highest BCUT2D eigenvalue weighted by atomic mass is 16.5. The first-order valence-corrected chi connectivity index (χ1v) is 2.39. The van der Waals surface area contributed by atoms with Crippen LogP contribution in [0.25, 0.3) is 0 Å². The summed E-state index contributed by atoms with van der Waals surface area (Å²) in [6.07, 6.45) is 1.74. The van der Waals surface area contributed by atoms with Gasteiger partial charge in [-0.1, -0.05) is 6.08 Å². The first-order chi connectivity index (χ1) is 3.85. The lowest BCUT2D eigenvalue weighted by molar-refractivity contribution is 0.229. The molecule has 0 atom stereocenters. The molecule has 44 valence electrons. The smallest absolute Gasteiger partial charge is 0.0968 e. The van der Waals surface area contributed by atoms with Gasteiger partial charge in [0.2, 0.25) is 0 Å². The topological polar surface area (TPSA) is 33.0 Å². The summed E-state index contributed by atoms with van der Waals surface area (Å²) in [5.41, 5.74) is 0.674. The Morgan fingerprint density at radius 1 is 1.88 bits per heavy atom. The second-order valence-electron chi connectivity index (χ2n) is 1.36. The molecule has 8 heavy (non-hydrogen) atoms. The highest BCUT2D eigenvalue weighted by Gasteiger charge is 1.87. The van der Waals surface area contributed by atoms with E-state index in [2.05, 4.69) is 0 Å². The molecule has 0 aromatic carbocycles. The van der Waals surface area contributed by atoms with Gasteiger partial charge in [-0.25, -0.2) is 0 Å². The summed E-state index contributed by atoms with van der Waals surface area (Å²) in [4.78, 5) is 0. The quantitative estimate of drug-likeness (QED) is 0.500. The van der Waals surface area contributed by atoms with Crippen molar-refractivity contribution in [2.45, 2.75) is 6.92 Å². The lowest BCUT2D eigenvalue weighted by Gasteiger charge is -1.90. The minimum Gasteiger partial charge on any atom is -0.379 e. The number of ether oxygens (including phenoxy) is 1. The molecule has 0 saturated carbocycles. The van der Waals surface area contributed by atoms with Crippen LogP contribution in [0, 0.1) is 11.3 Å². The van der Waals surface area contributed by atoms with Crippen molar-refractivity contribution in [1.29, 1.82) is 5.26 Å². The fourth-order valence-corrected chi connectivity index (χ4v) is 0.336. The molecule has 0 unspecified atom stereocenters. The molecule has 0 heterocycles. The van der Waals surface area contributed by atoms with Crippen molar-refractivity contribution in [3.05, 3.63) is 11.6 Å². The SMILES string of the molecule is C/C=C(/C#N)COC. The van der Waals surface area contributed by atoms with Crippen LogP contribution in [0.2, 0.25) is 0 Å². The van der Waals surface area contributed by atoms with E-state index in [9.17, 15) is 0 Å². The minimum absolute atomic E-state index is 0.424. The summed E-state index contributed by atoms with van der Waals surface area (Å²) >= 11 is 0. The first kappa shape index (κ1) is 7.19. The molecule has 0 radical (unpaired) electrons. The van der Waals surface area contributed by atoms with E-state index in [1.807, 2.05) is 13.0 Å². The molecule has 0 N–H and O–H groups in total. The van der Waals surface area contributed by atoms with E-state index in [1.54, 1.807) is 13.2 Å². The van der Waals surface area contributed by atoms with Crippen molar-refractivity contribution in [3.63, 3.8) is 0 Å². The molecular formula is C6H9NO. The summed E-state index contributed by atoms with van der Waals surface area (Å²) in [5, 5.41) is 8.26. The summed E-state index contributed by atoms with van der Waals surface area (Å²) in [6.45, 7) is 2.24. The molecule has 0 amide bonds. The van der Waals surface area contributed by atoms with Gasteiger partial charge < -0.3 is 4.74 Å². The Hall–Kier alpha value is -0.810. The van der Waals surface area contributed by atoms with Crippen LogP contribution in [0.15, 0.2) is 11.6 Å². The van der Waals surface area contributed by atoms with Gasteiger partial charge in [0.05, 0.1) is 18.2 Å². The van der Waals surface area contributed by atoms with E-state index in [0.29, 0.717) is 12.2 Å². The molecule has 0 aliphatic carbocycles. The van der Waals surface area contributed by atoms with Crippen LogP contribution in [-0.2, 0) is 4.74 Å². The third-order valence-electron chi connectivity index (χ3n) is 0.792. The van der Waals surface area contributed by atoms with Gasteiger partial charge in [0.15, 0.2) is 0 Å². The standard InChI is InChI=1S/C6H9NO/c1-3-6(4-7)5-8-2/h3H,5H2,1-2H3/b6-3-. The molecule has 0 bridgehead atoms. The third-order valence-corrected chi connectivity index (χ3v) is 0.792. The first-order valence-electron chi connectivity index (χ1n) is 2.39. The Balaban J connectivity index is 3.60. The Labute approximate surface area is 49.4 Å². The number of allylic oxidation sites excluding steroid dienone is 1. The van der Waals surface area contributed by atoms with Crippen LogP contribution in [0.4, 0.5) is 0 Å². The Kier molecular flexibility index (Phi) is 3.91. The molecule has 2 heteroatoms. The van der Waals surface area contributed by atoms with Gasteiger partial charge in [0, 0.05) is 7.11 Å². The van der Waals surface area contributed by atoms with Crippen molar-refractivity contribution in [2.24, 2.45) is 0 Å². The van der Waals surface area contributed by atoms with Crippen LogP contribution in [-0.4, -0.2) is 13.7 Å². The molecule has 0 rings (SSSR count). The van der Waals surface area contributed by atoms with Gasteiger partial charge in [-0.2, -0.15) is 5.26 Å². The van der Waals surface area contributed by atoms with E-state index < -0.39 is 0 Å². The summed E-state index contributed by atoms with van der Waals surface area (Å²) in [6, 6.07) is 1.99. The molecule has 0 aromatic heterocycles.